The third-order valence-corrected chi connectivity index (χ3v) is 6.50. The maximum atomic E-state index is 5.68. The molecule has 23 heavy (non-hydrogen) atoms. The second-order valence-corrected chi connectivity index (χ2v) is 8.60. The van der Waals surface area contributed by atoms with Gasteiger partial charge in [-0.2, -0.15) is 11.8 Å². The Kier molecular flexibility index (Phi) is 4.29. The highest BCUT2D eigenvalue weighted by Crippen LogP contribution is 2.41. The maximum Gasteiger partial charge on any atom is 0.282 e. The van der Waals surface area contributed by atoms with Crippen molar-refractivity contribution in [2.45, 2.75) is 42.2 Å². The minimum Gasteiger partial charge on any atom is -0.415 e. The highest BCUT2D eigenvalue weighted by Gasteiger charge is 2.24. The molecule has 3 heterocycles. The highest BCUT2D eigenvalue weighted by molar-refractivity contribution is 7.99. The second kappa shape index (κ2) is 6.41. The first-order chi connectivity index (χ1) is 11.2. The summed E-state index contributed by atoms with van der Waals surface area (Å²) in [6.45, 7) is 2.32. The van der Waals surface area contributed by atoms with Crippen molar-refractivity contribution >= 4 is 45.1 Å². The summed E-state index contributed by atoms with van der Waals surface area (Å²) in [5.41, 5.74) is 1.43. The molecule has 120 valence electrons. The minimum absolute atomic E-state index is 0.554. The Morgan fingerprint density at radius 2 is 2.26 bits per heavy atom. The number of aryl methyl sites for hydroxylation is 1. The van der Waals surface area contributed by atoms with Crippen LogP contribution in [0.4, 0.5) is 0 Å². The van der Waals surface area contributed by atoms with Gasteiger partial charge in [0, 0.05) is 10.3 Å². The maximum absolute atomic E-state index is 5.68. The number of aromatic nitrogens is 4. The molecule has 8 heteroatoms. The van der Waals surface area contributed by atoms with Gasteiger partial charge >= 0.3 is 0 Å². The Bertz CT molecular complexity index is 844. The molecule has 0 spiro atoms. The van der Waals surface area contributed by atoms with E-state index in [0.717, 1.165) is 34.4 Å². The molecule has 0 aromatic carbocycles. The molecule has 4 rings (SSSR count). The monoisotopic (exact) mass is 364 g/mol. The zero-order valence-corrected chi connectivity index (χ0v) is 15.4. The Balaban J connectivity index is 1.71. The summed E-state index contributed by atoms with van der Waals surface area (Å²) in [5.74, 6) is 2.15. The number of hydrogen-bond acceptors (Lipinski definition) is 8. The molecule has 1 atom stereocenters. The number of thiophene rings is 1. The van der Waals surface area contributed by atoms with Crippen LogP contribution >= 0.6 is 34.9 Å². The summed E-state index contributed by atoms with van der Waals surface area (Å²) >= 11 is 4.92. The summed E-state index contributed by atoms with van der Waals surface area (Å²) in [6, 6.07) is 0. The summed E-state index contributed by atoms with van der Waals surface area (Å²) < 4.78 is 5.68. The Labute approximate surface area is 146 Å². The lowest BCUT2D eigenvalue weighted by atomic mass is 9.89. The summed E-state index contributed by atoms with van der Waals surface area (Å²) in [4.78, 5) is 11.5. The molecule has 3 aromatic heterocycles. The molecular formula is C15H16N4OS3. The van der Waals surface area contributed by atoms with Crippen LogP contribution in [0.25, 0.3) is 10.2 Å². The SMILES string of the molecule is CSCc1nnc(Sc2ncnc3sc4c(c23)CC[C@@H](C)C4)o1. The van der Waals surface area contributed by atoms with E-state index in [9.17, 15) is 0 Å². The number of thioether (sulfide) groups is 1. The largest absolute Gasteiger partial charge is 0.415 e. The molecule has 0 N–H and O–H groups in total. The van der Waals surface area contributed by atoms with Crippen molar-refractivity contribution in [3.8, 4) is 0 Å². The first kappa shape index (κ1) is 15.4. The van der Waals surface area contributed by atoms with Gasteiger partial charge in [0.15, 0.2) is 0 Å². The molecule has 3 aromatic rings. The van der Waals surface area contributed by atoms with E-state index in [1.54, 1.807) is 18.1 Å². The van der Waals surface area contributed by atoms with Gasteiger partial charge in [0.1, 0.15) is 16.2 Å². The minimum atomic E-state index is 0.554. The quantitative estimate of drug-likeness (QED) is 0.642. The van der Waals surface area contributed by atoms with Crippen LogP contribution in [0, 0.1) is 5.92 Å². The molecule has 0 fully saturated rings. The Morgan fingerprint density at radius 1 is 1.35 bits per heavy atom. The molecule has 0 saturated heterocycles. The molecule has 0 saturated carbocycles. The zero-order chi connectivity index (χ0) is 15.8. The van der Waals surface area contributed by atoms with Gasteiger partial charge in [0.25, 0.3) is 5.22 Å². The van der Waals surface area contributed by atoms with Crippen LogP contribution in [0.15, 0.2) is 21.0 Å². The molecule has 0 aliphatic heterocycles. The van der Waals surface area contributed by atoms with Gasteiger partial charge in [-0.05, 0) is 48.8 Å². The predicted molar refractivity (Wildman–Crippen MR) is 94.2 cm³/mol. The van der Waals surface area contributed by atoms with Gasteiger partial charge in [-0.3, -0.25) is 0 Å². The van der Waals surface area contributed by atoms with Crippen molar-refractivity contribution in [3.05, 3.63) is 22.7 Å². The van der Waals surface area contributed by atoms with Crippen LogP contribution in [-0.4, -0.2) is 26.4 Å². The molecule has 0 amide bonds. The van der Waals surface area contributed by atoms with Gasteiger partial charge in [0.2, 0.25) is 5.89 Å². The average Bonchev–Trinajstić information content (AvgIpc) is 3.11. The summed E-state index contributed by atoms with van der Waals surface area (Å²) in [6.07, 6.45) is 7.15. The molecule has 0 unspecified atom stereocenters. The first-order valence-electron chi connectivity index (χ1n) is 7.49. The van der Waals surface area contributed by atoms with Gasteiger partial charge < -0.3 is 4.42 Å². The van der Waals surface area contributed by atoms with Crippen LogP contribution in [-0.2, 0) is 18.6 Å². The van der Waals surface area contributed by atoms with E-state index in [0.29, 0.717) is 11.1 Å². The Hall–Kier alpha value is -1.12. The number of rotatable bonds is 4. The van der Waals surface area contributed by atoms with Crippen molar-refractivity contribution in [2.24, 2.45) is 5.92 Å². The van der Waals surface area contributed by atoms with E-state index in [1.807, 2.05) is 17.6 Å². The Morgan fingerprint density at radius 3 is 3.13 bits per heavy atom. The fourth-order valence-electron chi connectivity index (χ4n) is 2.87. The molecule has 1 aliphatic rings. The lowest BCUT2D eigenvalue weighted by Gasteiger charge is -2.17. The zero-order valence-electron chi connectivity index (χ0n) is 12.9. The summed E-state index contributed by atoms with van der Waals surface area (Å²) in [7, 11) is 0. The van der Waals surface area contributed by atoms with Crippen molar-refractivity contribution in [1.29, 1.82) is 0 Å². The van der Waals surface area contributed by atoms with Crippen molar-refractivity contribution in [1.82, 2.24) is 20.2 Å². The van der Waals surface area contributed by atoms with E-state index in [-0.39, 0.29) is 0 Å². The van der Waals surface area contributed by atoms with Crippen LogP contribution in [0.1, 0.15) is 29.7 Å². The van der Waals surface area contributed by atoms with Crippen molar-refractivity contribution in [2.75, 3.05) is 6.26 Å². The summed E-state index contributed by atoms with van der Waals surface area (Å²) in [5, 5.41) is 10.9. The van der Waals surface area contributed by atoms with Crippen LogP contribution in [0.3, 0.4) is 0 Å². The van der Waals surface area contributed by atoms with E-state index in [4.69, 9.17) is 4.42 Å². The molecule has 0 bridgehead atoms. The average molecular weight is 365 g/mol. The second-order valence-electron chi connectivity index (χ2n) is 5.71. The molecule has 0 radical (unpaired) electrons. The number of fused-ring (bicyclic) bond motifs is 3. The predicted octanol–water partition coefficient (Wildman–Crippen LogP) is 4.21. The fraction of sp³-hybridized carbons (Fsp3) is 0.467. The van der Waals surface area contributed by atoms with Gasteiger partial charge in [-0.15, -0.1) is 21.5 Å². The fourth-order valence-corrected chi connectivity index (χ4v) is 5.45. The van der Waals surface area contributed by atoms with E-state index < -0.39 is 0 Å². The van der Waals surface area contributed by atoms with E-state index >= 15 is 0 Å². The van der Waals surface area contributed by atoms with Crippen LogP contribution in [0.5, 0.6) is 0 Å². The first-order valence-corrected chi connectivity index (χ1v) is 10.5. The van der Waals surface area contributed by atoms with Crippen molar-refractivity contribution in [3.63, 3.8) is 0 Å². The van der Waals surface area contributed by atoms with Gasteiger partial charge in [-0.1, -0.05) is 6.92 Å². The van der Waals surface area contributed by atoms with Gasteiger partial charge in [-0.25, -0.2) is 9.97 Å². The smallest absolute Gasteiger partial charge is 0.282 e. The topological polar surface area (TPSA) is 64.7 Å². The van der Waals surface area contributed by atoms with E-state index in [2.05, 4.69) is 27.1 Å². The third-order valence-electron chi connectivity index (χ3n) is 3.96. The standard InChI is InChI=1S/C15H16N4OS3/c1-8-3-4-9-10(5-8)22-13-12(9)14(17-7-16-13)23-15-19-18-11(20-15)6-21-2/h7-8H,3-6H2,1-2H3/t8-/m1/s1. The van der Waals surface area contributed by atoms with Crippen LogP contribution in [0.2, 0.25) is 0 Å². The normalized spacial score (nSPS) is 17.6. The lowest BCUT2D eigenvalue weighted by Crippen LogP contribution is -2.08. The third kappa shape index (κ3) is 2.99. The van der Waals surface area contributed by atoms with Gasteiger partial charge in [0.05, 0.1) is 5.75 Å². The number of hydrogen-bond donors (Lipinski definition) is 0. The number of nitrogens with zero attached hydrogens (tertiary/aromatic N) is 4. The molecule has 1 aliphatic carbocycles. The highest BCUT2D eigenvalue weighted by atomic mass is 32.2. The molecular weight excluding hydrogens is 348 g/mol. The molecule has 5 nitrogen and oxygen atoms in total. The van der Waals surface area contributed by atoms with Crippen LogP contribution < -0.4 is 0 Å². The lowest BCUT2D eigenvalue weighted by molar-refractivity contribution is 0.426. The van der Waals surface area contributed by atoms with E-state index in [1.165, 1.54) is 34.0 Å². The van der Waals surface area contributed by atoms with Crippen molar-refractivity contribution < 1.29 is 4.42 Å².